The lowest BCUT2D eigenvalue weighted by Gasteiger charge is -2.08. The molecule has 7 nitrogen and oxygen atoms in total. The van der Waals surface area contributed by atoms with Crippen molar-refractivity contribution < 1.29 is 34.7 Å². The Morgan fingerprint density at radius 1 is 1.25 bits per heavy atom. The highest BCUT2D eigenvalue weighted by Gasteiger charge is 2.47. The first-order chi connectivity index (χ1) is 9.21. The maximum atomic E-state index is 12.0. The molecule has 1 aromatic heterocycles. The Kier molecular flexibility index (Phi) is 5.42. The lowest BCUT2D eigenvalue weighted by atomic mass is 10.5. The maximum absolute atomic E-state index is 12.0. The van der Waals surface area contributed by atoms with Crippen LogP contribution in [0.25, 0.3) is 0 Å². The topological polar surface area (TPSA) is 87.6 Å². The van der Waals surface area contributed by atoms with Crippen LogP contribution in [0.2, 0.25) is 0 Å². The third-order valence-electron chi connectivity index (χ3n) is 1.77. The zero-order valence-electron chi connectivity index (χ0n) is 10.2. The highest BCUT2D eigenvalue weighted by Crippen LogP contribution is 2.29. The number of hydrogen-bond acceptors (Lipinski definition) is 8. The number of aromatic nitrogens is 2. The number of rotatable bonds is 6. The van der Waals surface area contributed by atoms with E-state index in [0.29, 0.717) is 0 Å². The van der Waals surface area contributed by atoms with Crippen molar-refractivity contribution in [3.8, 4) is 11.8 Å². The fourth-order valence-electron chi connectivity index (χ4n) is 0.924. The van der Waals surface area contributed by atoms with E-state index >= 15 is 0 Å². The molecule has 0 aromatic carbocycles. The van der Waals surface area contributed by atoms with E-state index in [1.807, 2.05) is 0 Å². The van der Waals surface area contributed by atoms with Gasteiger partial charge in [-0.15, -0.1) is 0 Å². The van der Waals surface area contributed by atoms with Gasteiger partial charge in [0.1, 0.15) is 0 Å². The number of hydrogen-bond donors (Lipinski definition) is 0. The Hall–Kier alpha value is -1.27. The third kappa shape index (κ3) is 4.11. The van der Waals surface area contributed by atoms with E-state index in [9.17, 15) is 21.6 Å². The predicted molar refractivity (Wildman–Crippen MR) is 62.5 cm³/mol. The highest BCUT2D eigenvalue weighted by atomic mass is 32.3. The van der Waals surface area contributed by atoms with Gasteiger partial charge in [0.15, 0.2) is 0 Å². The largest absolute Gasteiger partial charge is 0.524 e. The van der Waals surface area contributed by atoms with Gasteiger partial charge in [-0.1, -0.05) is 0 Å². The second-order valence-corrected chi connectivity index (χ2v) is 5.55. The van der Waals surface area contributed by atoms with E-state index in [2.05, 4.69) is 13.6 Å². The summed E-state index contributed by atoms with van der Waals surface area (Å²) < 4.78 is 70.6. The zero-order valence-corrected chi connectivity index (χ0v) is 11.8. The quantitative estimate of drug-likeness (QED) is 0.571. The van der Waals surface area contributed by atoms with Crippen molar-refractivity contribution in [3.63, 3.8) is 0 Å². The summed E-state index contributed by atoms with van der Waals surface area (Å²) in [4.78, 5) is 7.64. The SMILES string of the molecule is COc1ncc(CSOS(=O)(=O)C(F)(F)F)nc1OC. The molecule has 0 amide bonds. The summed E-state index contributed by atoms with van der Waals surface area (Å²) in [5, 5.41) is 0. The highest BCUT2D eigenvalue weighted by molar-refractivity contribution is 8.04. The minimum absolute atomic E-state index is 0.0179. The van der Waals surface area contributed by atoms with Crippen LogP contribution in [-0.2, 0) is 19.5 Å². The molecule has 0 aliphatic rings. The Bertz CT molecular complexity index is 564. The van der Waals surface area contributed by atoms with Crippen molar-refractivity contribution in [1.82, 2.24) is 9.97 Å². The van der Waals surface area contributed by atoms with E-state index in [4.69, 9.17) is 9.47 Å². The fourth-order valence-corrected chi connectivity index (χ4v) is 2.19. The van der Waals surface area contributed by atoms with E-state index in [0.717, 1.165) is 0 Å². The maximum Gasteiger partial charge on any atom is 0.524 e. The molecule has 0 saturated heterocycles. The van der Waals surface area contributed by atoms with Crippen molar-refractivity contribution >= 4 is 22.2 Å². The molecular formula is C8H9F3N2O5S2. The molecule has 0 unspecified atom stereocenters. The van der Waals surface area contributed by atoms with E-state index in [1.54, 1.807) is 0 Å². The Balaban J connectivity index is 2.68. The average molecular weight is 334 g/mol. The molecule has 0 radical (unpaired) electrons. The van der Waals surface area contributed by atoms with Crippen molar-refractivity contribution in [2.45, 2.75) is 11.3 Å². The smallest absolute Gasteiger partial charge is 0.477 e. The fraction of sp³-hybridized carbons (Fsp3) is 0.500. The standard InChI is InChI=1S/C8H9F3N2O5S2/c1-16-6-7(17-2)13-5(3-12-6)4-19-18-20(14,15)8(9,10)11/h3H,4H2,1-2H3. The predicted octanol–water partition coefficient (Wildman–Crippen LogP) is 1.51. The van der Waals surface area contributed by atoms with Crippen LogP contribution in [0.5, 0.6) is 11.8 Å². The van der Waals surface area contributed by atoms with Crippen LogP contribution in [0.4, 0.5) is 13.2 Å². The van der Waals surface area contributed by atoms with Crippen LogP contribution in [0.15, 0.2) is 6.20 Å². The molecule has 0 atom stereocenters. The van der Waals surface area contributed by atoms with Crippen molar-refractivity contribution in [2.75, 3.05) is 14.2 Å². The lowest BCUT2D eigenvalue weighted by molar-refractivity contribution is -0.0494. The van der Waals surface area contributed by atoms with Crippen LogP contribution < -0.4 is 9.47 Å². The van der Waals surface area contributed by atoms with Crippen molar-refractivity contribution in [3.05, 3.63) is 11.9 Å². The van der Waals surface area contributed by atoms with E-state index in [-0.39, 0.29) is 35.2 Å². The van der Waals surface area contributed by atoms with Crippen LogP contribution in [0.3, 0.4) is 0 Å². The molecule has 0 spiro atoms. The van der Waals surface area contributed by atoms with Crippen LogP contribution in [0.1, 0.15) is 5.69 Å². The molecule has 1 rings (SSSR count). The molecule has 0 bridgehead atoms. The Labute approximate surface area is 116 Å². The second kappa shape index (κ2) is 6.45. The van der Waals surface area contributed by atoms with Gasteiger partial charge in [0, 0.05) is 12.0 Å². The number of nitrogens with zero attached hydrogens (tertiary/aromatic N) is 2. The molecule has 0 saturated carbocycles. The summed E-state index contributed by atoms with van der Waals surface area (Å²) >= 11 is 0.0660. The number of alkyl halides is 3. The summed E-state index contributed by atoms with van der Waals surface area (Å²) in [5.41, 5.74) is -5.31. The summed E-state index contributed by atoms with van der Waals surface area (Å²) in [6.07, 6.45) is 1.19. The van der Waals surface area contributed by atoms with Gasteiger partial charge in [-0.3, -0.25) is 0 Å². The summed E-state index contributed by atoms with van der Waals surface area (Å²) in [6, 6.07) is 0. The molecule has 0 fully saturated rings. The monoisotopic (exact) mass is 334 g/mol. The van der Waals surface area contributed by atoms with Crippen LogP contribution in [-0.4, -0.2) is 38.1 Å². The average Bonchev–Trinajstić information content (AvgIpc) is 2.37. The van der Waals surface area contributed by atoms with Gasteiger partial charge in [-0.25, -0.2) is 9.97 Å². The molecule has 114 valence electrons. The van der Waals surface area contributed by atoms with Gasteiger partial charge in [-0.2, -0.15) is 25.2 Å². The minimum atomic E-state index is -5.64. The van der Waals surface area contributed by atoms with Gasteiger partial charge in [0.25, 0.3) is 11.8 Å². The van der Waals surface area contributed by atoms with Crippen molar-refractivity contribution in [1.29, 1.82) is 0 Å². The molecule has 0 aliphatic heterocycles. The van der Waals surface area contributed by atoms with Gasteiger partial charge in [0.05, 0.1) is 31.9 Å². The first kappa shape index (κ1) is 16.8. The van der Waals surface area contributed by atoms with E-state index in [1.165, 1.54) is 20.4 Å². The Morgan fingerprint density at radius 3 is 2.35 bits per heavy atom. The van der Waals surface area contributed by atoms with Gasteiger partial charge in [0.2, 0.25) is 0 Å². The number of ether oxygens (including phenoxy) is 2. The van der Waals surface area contributed by atoms with Gasteiger partial charge in [-0.05, 0) is 0 Å². The first-order valence-electron chi connectivity index (χ1n) is 4.77. The van der Waals surface area contributed by atoms with Crippen molar-refractivity contribution in [2.24, 2.45) is 0 Å². The Morgan fingerprint density at radius 2 is 1.85 bits per heavy atom. The molecule has 12 heteroatoms. The summed E-state index contributed by atoms with van der Waals surface area (Å²) in [5.74, 6) is -0.169. The molecule has 1 aromatic rings. The van der Waals surface area contributed by atoms with Gasteiger partial charge < -0.3 is 9.47 Å². The van der Waals surface area contributed by atoms with Crippen LogP contribution in [0, 0.1) is 0 Å². The molecule has 1 heterocycles. The first-order valence-corrected chi connectivity index (χ1v) is 7.09. The zero-order chi connectivity index (χ0) is 15.4. The molecule has 0 N–H and O–H groups in total. The lowest BCUT2D eigenvalue weighted by Crippen LogP contribution is -2.23. The molecular weight excluding hydrogens is 325 g/mol. The third-order valence-corrected chi connectivity index (χ3v) is 3.86. The normalized spacial score (nSPS) is 12.2. The minimum Gasteiger partial charge on any atom is -0.477 e. The number of halogens is 3. The molecule has 20 heavy (non-hydrogen) atoms. The second-order valence-electron chi connectivity index (χ2n) is 3.11. The van der Waals surface area contributed by atoms with Crippen LogP contribution >= 0.6 is 12.0 Å². The summed E-state index contributed by atoms with van der Waals surface area (Å²) in [7, 11) is -3.00. The summed E-state index contributed by atoms with van der Waals surface area (Å²) in [6.45, 7) is 0. The number of methoxy groups -OCH3 is 2. The molecule has 0 aliphatic carbocycles. The van der Waals surface area contributed by atoms with E-state index < -0.39 is 15.6 Å². The van der Waals surface area contributed by atoms with Gasteiger partial charge >= 0.3 is 15.6 Å².